The fourth-order valence-electron chi connectivity index (χ4n) is 3.14. The number of amides is 2. The topological polar surface area (TPSA) is 90.9 Å². The highest BCUT2D eigenvalue weighted by Crippen LogP contribution is 2.26. The predicted molar refractivity (Wildman–Crippen MR) is 94.8 cm³/mol. The normalized spacial score (nSPS) is 20.1. The van der Waals surface area contributed by atoms with E-state index in [2.05, 4.69) is 15.4 Å². The van der Waals surface area contributed by atoms with Crippen molar-refractivity contribution in [1.82, 2.24) is 15.5 Å². The van der Waals surface area contributed by atoms with Crippen LogP contribution in [0.25, 0.3) is 0 Å². The number of hydrogen-bond acceptors (Lipinski definition) is 4. The smallest absolute Gasteiger partial charge is 0.387 e. The minimum atomic E-state index is -2.90. The summed E-state index contributed by atoms with van der Waals surface area (Å²) < 4.78 is 29.0. The molecule has 0 bridgehead atoms. The number of carboxylic acid groups (broad SMARTS) is 1. The Balaban J connectivity index is 1.79. The first-order valence-corrected chi connectivity index (χ1v) is 8.86. The van der Waals surface area contributed by atoms with Crippen molar-refractivity contribution in [2.75, 3.05) is 13.1 Å². The van der Waals surface area contributed by atoms with E-state index in [1.807, 2.05) is 11.8 Å². The number of aliphatic carboxylic acids is 1. The molecule has 1 aromatic carbocycles. The molecule has 0 saturated heterocycles. The molecule has 0 aromatic heterocycles. The highest BCUT2D eigenvalue weighted by Gasteiger charge is 2.34. The van der Waals surface area contributed by atoms with E-state index >= 15 is 0 Å². The molecule has 2 amide bonds. The maximum atomic E-state index is 12.3. The number of carbonyl (C=O) groups excluding carboxylic acids is 1. The van der Waals surface area contributed by atoms with Crippen LogP contribution >= 0.6 is 0 Å². The summed E-state index contributed by atoms with van der Waals surface area (Å²) in [5, 5.41) is 14.5. The third-order valence-corrected chi connectivity index (χ3v) is 4.64. The number of ether oxygens (including phenoxy) is 1. The van der Waals surface area contributed by atoms with Crippen molar-refractivity contribution in [2.45, 2.75) is 51.4 Å². The number of urea groups is 1. The van der Waals surface area contributed by atoms with Gasteiger partial charge in [0.15, 0.2) is 0 Å². The second-order valence-corrected chi connectivity index (χ2v) is 6.57. The number of rotatable bonds is 9. The van der Waals surface area contributed by atoms with Crippen LogP contribution in [0.5, 0.6) is 5.75 Å². The predicted octanol–water partition coefficient (Wildman–Crippen LogP) is 2.59. The lowest BCUT2D eigenvalue weighted by Crippen LogP contribution is -2.56. The number of halogens is 2. The minimum Gasteiger partial charge on any atom is -0.480 e. The molecular weight excluding hydrogens is 360 g/mol. The first kappa shape index (κ1) is 20.9. The van der Waals surface area contributed by atoms with E-state index in [-0.39, 0.29) is 36.5 Å². The van der Waals surface area contributed by atoms with E-state index in [0.29, 0.717) is 24.9 Å². The van der Waals surface area contributed by atoms with Gasteiger partial charge in [0.2, 0.25) is 0 Å². The summed E-state index contributed by atoms with van der Waals surface area (Å²) in [5.74, 6) is -0.825. The standard InChI is InChI=1S/C18H25F2N3O4/c1-3-23(10-16(24)25)14-8-13(9-14)22-18(26)21-11(2)12-5-4-6-15(7-12)27-17(19)20/h4-7,11,13-14,17H,3,8-10H2,1-2H3,(H,24,25)(H2,21,22,26). The van der Waals surface area contributed by atoms with Gasteiger partial charge in [-0.3, -0.25) is 9.69 Å². The third kappa shape index (κ3) is 6.35. The number of hydrogen-bond donors (Lipinski definition) is 3. The highest BCUT2D eigenvalue weighted by atomic mass is 19.3. The lowest BCUT2D eigenvalue weighted by atomic mass is 9.85. The Labute approximate surface area is 156 Å². The molecule has 0 aliphatic heterocycles. The quantitative estimate of drug-likeness (QED) is 0.608. The Hall–Kier alpha value is -2.42. The summed E-state index contributed by atoms with van der Waals surface area (Å²) in [5.41, 5.74) is 0.647. The summed E-state index contributed by atoms with van der Waals surface area (Å²) in [6.45, 7) is 1.39. The number of likely N-dealkylation sites (N-methyl/N-ethyl adjacent to an activating group) is 1. The van der Waals surface area contributed by atoms with Gasteiger partial charge < -0.3 is 20.5 Å². The molecule has 1 aromatic rings. The van der Waals surface area contributed by atoms with Gasteiger partial charge in [0.05, 0.1) is 12.6 Å². The number of nitrogens with zero attached hydrogens (tertiary/aromatic N) is 1. The van der Waals surface area contributed by atoms with Crippen LogP contribution in [0.2, 0.25) is 0 Å². The van der Waals surface area contributed by atoms with Crippen molar-refractivity contribution in [3.05, 3.63) is 29.8 Å². The van der Waals surface area contributed by atoms with E-state index in [0.717, 1.165) is 0 Å². The van der Waals surface area contributed by atoms with Crippen molar-refractivity contribution in [3.63, 3.8) is 0 Å². The summed E-state index contributed by atoms with van der Waals surface area (Å²) in [7, 11) is 0. The maximum absolute atomic E-state index is 12.3. The van der Waals surface area contributed by atoms with E-state index < -0.39 is 12.6 Å². The number of carboxylic acids is 1. The van der Waals surface area contributed by atoms with Gasteiger partial charge in [-0.05, 0) is 44.0 Å². The van der Waals surface area contributed by atoms with Gasteiger partial charge in [0.25, 0.3) is 0 Å². The molecule has 0 spiro atoms. The van der Waals surface area contributed by atoms with Crippen molar-refractivity contribution >= 4 is 12.0 Å². The van der Waals surface area contributed by atoms with Gasteiger partial charge in [-0.1, -0.05) is 19.1 Å². The Bertz CT molecular complexity index is 653. The van der Waals surface area contributed by atoms with Crippen LogP contribution in [0, 0.1) is 0 Å². The van der Waals surface area contributed by atoms with E-state index in [1.54, 1.807) is 19.1 Å². The van der Waals surface area contributed by atoms with E-state index in [9.17, 15) is 18.4 Å². The summed E-state index contributed by atoms with van der Waals surface area (Å²) in [6, 6.07) is 5.58. The minimum absolute atomic E-state index is 0.00581. The molecule has 3 N–H and O–H groups in total. The van der Waals surface area contributed by atoms with E-state index in [4.69, 9.17) is 5.11 Å². The average molecular weight is 385 g/mol. The van der Waals surface area contributed by atoms with Crippen LogP contribution in [-0.2, 0) is 4.79 Å². The Kier molecular flexibility index (Phi) is 7.35. The largest absolute Gasteiger partial charge is 0.480 e. The monoisotopic (exact) mass is 385 g/mol. The molecule has 150 valence electrons. The van der Waals surface area contributed by atoms with Gasteiger partial charge >= 0.3 is 18.6 Å². The molecule has 1 unspecified atom stereocenters. The lowest BCUT2D eigenvalue weighted by Gasteiger charge is -2.42. The summed E-state index contributed by atoms with van der Waals surface area (Å²) >= 11 is 0. The summed E-state index contributed by atoms with van der Waals surface area (Å²) in [4.78, 5) is 24.8. The molecule has 1 aliphatic rings. The number of nitrogens with one attached hydrogen (secondary N) is 2. The molecule has 27 heavy (non-hydrogen) atoms. The molecular formula is C18H25F2N3O4. The van der Waals surface area contributed by atoms with Gasteiger partial charge in [0.1, 0.15) is 5.75 Å². The molecule has 1 aliphatic carbocycles. The Morgan fingerprint density at radius 3 is 2.67 bits per heavy atom. The zero-order valence-electron chi connectivity index (χ0n) is 15.3. The van der Waals surface area contributed by atoms with Crippen molar-refractivity contribution < 1.29 is 28.2 Å². The van der Waals surface area contributed by atoms with Crippen molar-refractivity contribution in [1.29, 1.82) is 0 Å². The van der Waals surface area contributed by atoms with Crippen LogP contribution in [-0.4, -0.2) is 53.8 Å². The molecule has 1 atom stereocenters. The SMILES string of the molecule is CCN(CC(=O)O)C1CC(NC(=O)NC(C)c2cccc(OC(F)F)c2)C1. The van der Waals surface area contributed by atoms with Crippen LogP contribution in [0.1, 0.15) is 38.3 Å². The molecule has 2 rings (SSSR count). The Morgan fingerprint density at radius 2 is 2.07 bits per heavy atom. The van der Waals surface area contributed by atoms with Gasteiger partial charge in [-0.15, -0.1) is 0 Å². The number of benzene rings is 1. The first-order chi connectivity index (χ1) is 12.8. The lowest BCUT2D eigenvalue weighted by molar-refractivity contribution is -0.139. The van der Waals surface area contributed by atoms with Crippen LogP contribution in [0.3, 0.4) is 0 Å². The maximum Gasteiger partial charge on any atom is 0.387 e. The van der Waals surface area contributed by atoms with Crippen molar-refractivity contribution in [2.24, 2.45) is 0 Å². The fourth-order valence-corrected chi connectivity index (χ4v) is 3.14. The fraction of sp³-hybridized carbons (Fsp3) is 0.556. The molecule has 0 radical (unpaired) electrons. The van der Waals surface area contributed by atoms with Crippen LogP contribution < -0.4 is 15.4 Å². The molecule has 1 fully saturated rings. The first-order valence-electron chi connectivity index (χ1n) is 8.86. The molecule has 0 heterocycles. The van der Waals surface area contributed by atoms with Gasteiger partial charge in [0, 0.05) is 12.1 Å². The third-order valence-electron chi connectivity index (χ3n) is 4.64. The number of carbonyl (C=O) groups is 2. The van der Waals surface area contributed by atoms with Gasteiger partial charge in [-0.2, -0.15) is 8.78 Å². The Morgan fingerprint density at radius 1 is 1.37 bits per heavy atom. The van der Waals surface area contributed by atoms with Crippen LogP contribution in [0.15, 0.2) is 24.3 Å². The van der Waals surface area contributed by atoms with Crippen LogP contribution in [0.4, 0.5) is 13.6 Å². The van der Waals surface area contributed by atoms with Gasteiger partial charge in [-0.25, -0.2) is 4.79 Å². The van der Waals surface area contributed by atoms with Crippen molar-refractivity contribution in [3.8, 4) is 5.75 Å². The second-order valence-electron chi connectivity index (χ2n) is 6.57. The van der Waals surface area contributed by atoms with E-state index in [1.165, 1.54) is 12.1 Å². The summed E-state index contributed by atoms with van der Waals surface area (Å²) in [6.07, 6.45) is 1.39. The zero-order valence-corrected chi connectivity index (χ0v) is 15.3. The molecule has 7 nitrogen and oxygen atoms in total. The zero-order chi connectivity index (χ0) is 20.0. The molecule has 9 heteroatoms. The number of alkyl halides is 2. The average Bonchev–Trinajstić information content (AvgIpc) is 2.55. The molecule has 1 saturated carbocycles. The highest BCUT2D eigenvalue weighted by molar-refractivity contribution is 5.75. The second kappa shape index (κ2) is 9.50.